The van der Waals surface area contributed by atoms with Crippen LogP contribution in [0, 0.1) is 5.92 Å². The molecule has 10 heavy (non-hydrogen) atoms. The minimum absolute atomic E-state index is 0.234. The van der Waals surface area contributed by atoms with Crippen molar-refractivity contribution < 1.29 is 4.79 Å². The molecule has 60 valence electrons. The predicted molar refractivity (Wildman–Crippen MR) is 43.0 cm³/mol. The van der Waals surface area contributed by atoms with Gasteiger partial charge in [-0.2, -0.15) is 0 Å². The summed E-state index contributed by atoms with van der Waals surface area (Å²) in [6.07, 6.45) is 2.11. The fourth-order valence-corrected chi connectivity index (χ4v) is 0.942. The number of likely N-dealkylation sites (N-methyl/N-ethyl adjacent to an activating group) is 1. The van der Waals surface area contributed by atoms with Crippen molar-refractivity contribution in [2.24, 2.45) is 5.92 Å². The number of hydrogen-bond donors (Lipinski definition) is 1. The Bertz CT molecular complexity index is 101. The Morgan fingerprint density at radius 3 is 2.60 bits per heavy atom. The summed E-state index contributed by atoms with van der Waals surface area (Å²) < 4.78 is 0. The van der Waals surface area contributed by atoms with Crippen LogP contribution >= 0.6 is 0 Å². The third-order valence-corrected chi connectivity index (χ3v) is 1.62. The van der Waals surface area contributed by atoms with Crippen LogP contribution in [0.3, 0.4) is 0 Å². The van der Waals surface area contributed by atoms with E-state index in [1.165, 1.54) is 0 Å². The lowest BCUT2D eigenvalue weighted by atomic mass is 10.0. The zero-order valence-electron chi connectivity index (χ0n) is 7.11. The zero-order valence-corrected chi connectivity index (χ0v) is 7.11. The van der Waals surface area contributed by atoms with E-state index in [0.29, 0.717) is 12.3 Å². The van der Waals surface area contributed by atoms with E-state index in [-0.39, 0.29) is 5.92 Å². The zero-order chi connectivity index (χ0) is 7.98. The summed E-state index contributed by atoms with van der Waals surface area (Å²) in [6, 6.07) is 0. The number of nitrogens with one attached hydrogen (secondary N) is 1. The highest BCUT2D eigenvalue weighted by Crippen LogP contribution is 2.04. The number of carbonyl (C=O) groups is 1. The number of Topliss-reactive ketones (excluding diaryl/α,β-unsaturated/α-hetero) is 1. The van der Waals surface area contributed by atoms with Crippen LogP contribution in [-0.2, 0) is 4.79 Å². The quantitative estimate of drug-likeness (QED) is 0.626. The third-order valence-electron chi connectivity index (χ3n) is 1.62. The predicted octanol–water partition coefficient (Wildman–Crippen LogP) is 1.21. The molecule has 0 spiro atoms. The summed E-state index contributed by atoms with van der Waals surface area (Å²) >= 11 is 0. The van der Waals surface area contributed by atoms with E-state index in [0.717, 1.165) is 12.8 Å². The Hall–Kier alpha value is -0.370. The fraction of sp³-hybridized carbons (Fsp3) is 0.875. The van der Waals surface area contributed by atoms with Crippen LogP contribution in [0.5, 0.6) is 0 Å². The smallest absolute Gasteiger partial charge is 0.149 e. The van der Waals surface area contributed by atoms with Gasteiger partial charge in [0.25, 0.3) is 0 Å². The highest BCUT2D eigenvalue weighted by Gasteiger charge is 2.09. The van der Waals surface area contributed by atoms with E-state index in [4.69, 9.17) is 0 Å². The Balaban J connectivity index is 3.49. The van der Waals surface area contributed by atoms with Crippen molar-refractivity contribution in [3.05, 3.63) is 0 Å². The van der Waals surface area contributed by atoms with Crippen molar-refractivity contribution in [2.45, 2.75) is 26.7 Å². The SMILES string of the molecule is CCCC(C)C(=O)CNC. The monoisotopic (exact) mass is 143 g/mol. The number of hydrogen-bond acceptors (Lipinski definition) is 2. The molecule has 1 atom stereocenters. The molecule has 0 aromatic rings. The molecule has 0 fully saturated rings. The number of rotatable bonds is 5. The van der Waals surface area contributed by atoms with E-state index in [1.807, 2.05) is 6.92 Å². The molecule has 0 aliphatic rings. The van der Waals surface area contributed by atoms with Crippen LogP contribution in [0.15, 0.2) is 0 Å². The molecule has 0 radical (unpaired) electrons. The van der Waals surface area contributed by atoms with Gasteiger partial charge in [0, 0.05) is 5.92 Å². The van der Waals surface area contributed by atoms with Crippen LogP contribution in [-0.4, -0.2) is 19.4 Å². The highest BCUT2D eigenvalue weighted by atomic mass is 16.1. The maximum Gasteiger partial charge on any atom is 0.149 e. The van der Waals surface area contributed by atoms with Crippen LogP contribution < -0.4 is 5.32 Å². The largest absolute Gasteiger partial charge is 0.313 e. The fourth-order valence-electron chi connectivity index (χ4n) is 0.942. The molecule has 0 aliphatic carbocycles. The van der Waals surface area contributed by atoms with Crippen LogP contribution in [0.2, 0.25) is 0 Å². The van der Waals surface area contributed by atoms with Gasteiger partial charge in [0.1, 0.15) is 5.78 Å². The maximum atomic E-state index is 11.1. The van der Waals surface area contributed by atoms with Gasteiger partial charge in [-0.15, -0.1) is 0 Å². The van der Waals surface area contributed by atoms with Gasteiger partial charge in [-0.1, -0.05) is 20.3 Å². The Morgan fingerprint density at radius 1 is 1.60 bits per heavy atom. The van der Waals surface area contributed by atoms with Crippen molar-refractivity contribution in [1.82, 2.24) is 5.32 Å². The molecule has 0 aliphatic heterocycles. The molecule has 0 heterocycles. The van der Waals surface area contributed by atoms with Crippen LogP contribution in [0.4, 0.5) is 0 Å². The molecular formula is C8H17NO. The van der Waals surface area contributed by atoms with Crippen molar-refractivity contribution in [3.63, 3.8) is 0 Å². The Labute approximate surface area is 63.0 Å². The molecule has 1 N–H and O–H groups in total. The molecule has 0 saturated carbocycles. The van der Waals surface area contributed by atoms with E-state index >= 15 is 0 Å². The lowest BCUT2D eigenvalue weighted by Gasteiger charge is -2.06. The lowest BCUT2D eigenvalue weighted by Crippen LogP contribution is -2.24. The molecule has 0 aromatic carbocycles. The molecule has 0 bridgehead atoms. The second kappa shape index (κ2) is 5.42. The first-order valence-corrected chi connectivity index (χ1v) is 3.89. The molecule has 0 saturated heterocycles. The van der Waals surface area contributed by atoms with Crippen molar-refractivity contribution in [1.29, 1.82) is 0 Å². The van der Waals surface area contributed by atoms with Crippen molar-refractivity contribution >= 4 is 5.78 Å². The molecule has 2 nitrogen and oxygen atoms in total. The van der Waals surface area contributed by atoms with E-state index in [1.54, 1.807) is 7.05 Å². The number of carbonyl (C=O) groups excluding carboxylic acids is 1. The van der Waals surface area contributed by atoms with E-state index in [2.05, 4.69) is 12.2 Å². The first-order chi connectivity index (χ1) is 4.72. The van der Waals surface area contributed by atoms with Crippen LogP contribution in [0.25, 0.3) is 0 Å². The summed E-state index contributed by atoms with van der Waals surface area (Å²) in [5, 5.41) is 2.86. The number of ketones is 1. The standard InChI is InChI=1S/C8H17NO/c1-4-5-7(2)8(10)6-9-3/h7,9H,4-6H2,1-3H3. The maximum absolute atomic E-state index is 11.1. The topological polar surface area (TPSA) is 29.1 Å². The molecule has 0 aromatic heterocycles. The highest BCUT2D eigenvalue weighted by molar-refractivity contribution is 5.82. The molecule has 1 unspecified atom stereocenters. The van der Waals surface area contributed by atoms with Gasteiger partial charge >= 0.3 is 0 Å². The summed E-state index contributed by atoms with van der Waals surface area (Å²) in [6.45, 7) is 4.60. The summed E-state index contributed by atoms with van der Waals surface area (Å²) in [4.78, 5) is 11.1. The molecule has 0 rings (SSSR count). The molecular weight excluding hydrogens is 126 g/mol. The average molecular weight is 143 g/mol. The minimum atomic E-state index is 0.234. The molecule has 0 amide bonds. The summed E-state index contributed by atoms with van der Waals surface area (Å²) in [5.74, 6) is 0.557. The summed E-state index contributed by atoms with van der Waals surface area (Å²) in [5.41, 5.74) is 0. The van der Waals surface area contributed by atoms with Crippen molar-refractivity contribution in [2.75, 3.05) is 13.6 Å². The second-order valence-corrected chi connectivity index (χ2v) is 2.69. The second-order valence-electron chi connectivity index (χ2n) is 2.69. The first-order valence-electron chi connectivity index (χ1n) is 3.89. The van der Waals surface area contributed by atoms with Gasteiger partial charge in [-0.25, -0.2) is 0 Å². The van der Waals surface area contributed by atoms with Gasteiger partial charge in [0.2, 0.25) is 0 Å². The van der Waals surface area contributed by atoms with Crippen molar-refractivity contribution in [3.8, 4) is 0 Å². The van der Waals surface area contributed by atoms with E-state index < -0.39 is 0 Å². The minimum Gasteiger partial charge on any atom is -0.313 e. The van der Waals surface area contributed by atoms with Gasteiger partial charge in [0.05, 0.1) is 6.54 Å². The van der Waals surface area contributed by atoms with Gasteiger partial charge in [-0.3, -0.25) is 4.79 Å². The normalized spacial score (nSPS) is 13.1. The third kappa shape index (κ3) is 3.62. The van der Waals surface area contributed by atoms with Crippen LogP contribution in [0.1, 0.15) is 26.7 Å². The Kier molecular flexibility index (Phi) is 5.22. The van der Waals surface area contributed by atoms with Gasteiger partial charge < -0.3 is 5.32 Å². The van der Waals surface area contributed by atoms with Gasteiger partial charge in [-0.05, 0) is 13.5 Å². The van der Waals surface area contributed by atoms with E-state index in [9.17, 15) is 4.79 Å². The first kappa shape index (κ1) is 9.63. The van der Waals surface area contributed by atoms with Gasteiger partial charge in [0.15, 0.2) is 0 Å². The Morgan fingerprint density at radius 2 is 2.20 bits per heavy atom. The lowest BCUT2D eigenvalue weighted by molar-refractivity contribution is -0.121. The summed E-state index contributed by atoms with van der Waals surface area (Å²) in [7, 11) is 1.80. The average Bonchev–Trinajstić information content (AvgIpc) is 1.89. The molecule has 2 heteroatoms.